The number of rotatable bonds is 4. The number of carbonyl (C=O) groups excluding carboxylic acids is 3. The van der Waals surface area contributed by atoms with Gasteiger partial charge in [-0.1, -0.05) is 61.9 Å². The molecule has 36 heavy (non-hydrogen) atoms. The Kier molecular flexibility index (Phi) is 6.47. The molecule has 0 radical (unpaired) electrons. The number of aryl methyl sites for hydroxylation is 1. The van der Waals surface area contributed by atoms with Gasteiger partial charge in [0.05, 0.1) is 42.0 Å². The van der Waals surface area contributed by atoms with E-state index in [9.17, 15) is 19.5 Å². The van der Waals surface area contributed by atoms with Crippen molar-refractivity contribution in [3.63, 3.8) is 0 Å². The summed E-state index contributed by atoms with van der Waals surface area (Å²) in [6, 6.07) is 3.69. The highest BCUT2D eigenvalue weighted by Gasteiger charge is 2.72. The second-order valence-electron chi connectivity index (χ2n) is 10.2. The summed E-state index contributed by atoms with van der Waals surface area (Å²) >= 11 is 6.55. The van der Waals surface area contributed by atoms with Crippen LogP contribution in [-0.4, -0.2) is 71.3 Å². The zero-order chi connectivity index (χ0) is 25.8. The number of para-hydroxylation sites is 1. The third-order valence-corrected chi connectivity index (χ3v) is 8.14. The van der Waals surface area contributed by atoms with Gasteiger partial charge in [-0.3, -0.25) is 14.4 Å². The van der Waals surface area contributed by atoms with Crippen LogP contribution in [0.1, 0.15) is 25.8 Å². The van der Waals surface area contributed by atoms with Crippen LogP contribution in [0.4, 0.5) is 5.69 Å². The van der Waals surface area contributed by atoms with Crippen molar-refractivity contribution in [2.24, 2.45) is 17.8 Å². The number of amides is 2. The van der Waals surface area contributed by atoms with E-state index < -0.39 is 41.6 Å². The average molecular weight is 515 g/mol. The molecule has 192 valence electrons. The Labute approximate surface area is 215 Å². The maximum absolute atomic E-state index is 14.4. The van der Waals surface area contributed by atoms with Gasteiger partial charge < -0.3 is 24.4 Å². The van der Waals surface area contributed by atoms with Crippen LogP contribution in [0.15, 0.2) is 42.5 Å². The van der Waals surface area contributed by atoms with Crippen molar-refractivity contribution in [3.05, 3.63) is 53.1 Å². The summed E-state index contributed by atoms with van der Waals surface area (Å²) in [5.41, 5.74) is -0.00511. The molecule has 8 nitrogen and oxygen atoms in total. The maximum Gasteiger partial charge on any atom is 0.312 e. The molecular formula is C27H31ClN2O6. The lowest BCUT2D eigenvalue weighted by atomic mass is 9.77. The molecule has 6 atom stereocenters. The summed E-state index contributed by atoms with van der Waals surface area (Å²) in [5.74, 6) is -3.25. The number of hydrogen-bond acceptors (Lipinski definition) is 6. The minimum Gasteiger partial charge on any atom is -0.465 e. The lowest BCUT2D eigenvalue weighted by Gasteiger charge is -2.40. The molecule has 1 aromatic rings. The Morgan fingerprint density at radius 2 is 1.97 bits per heavy atom. The van der Waals surface area contributed by atoms with E-state index in [1.807, 2.05) is 45.1 Å². The Bertz CT molecular complexity index is 1130. The van der Waals surface area contributed by atoms with Crippen molar-refractivity contribution >= 4 is 35.1 Å². The molecule has 9 heteroatoms. The number of benzene rings is 1. The van der Waals surface area contributed by atoms with Crippen molar-refractivity contribution in [1.82, 2.24) is 4.90 Å². The first-order chi connectivity index (χ1) is 17.2. The number of hydrogen-bond donors (Lipinski definition) is 1. The van der Waals surface area contributed by atoms with Gasteiger partial charge >= 0.3 is 5.97 Å². The number of carbonyl (C=O) groups is 3. The minimum absolute atomic E-state index is 0.148. The van der Waals surface area contributed by atoms with Crippen molar-refractivity contribution in [2.75, 3.05) is 24.7 Å². The van der Waals surface area contributed by atoms with Gasteiger partial charge in [-0.2, -0.15) is 0 Å². The van der Waals surface area contributed by atoms with E-state index in [0.717, 1.165) is 5.56 Å². The van der Waals surface area contributed by atoms with Crippen LogP contribution in [0.2, 0.25) is 5.02 Å². The van der Waals surface area contributed by atoms with Crippen LogP contribution in [0, 0.1) is 24.7 Å². The minimum atomic E-state index is -1.39. The van der Waals surface area contributed by atoms with Crippen LogP contribution in [0.25, 0.3) is 0 Å². The molecular weight excluding hydrogens is 484 g/mol. The molecule has 2 amide bonds. The highest BCUT2D eigenvalue weighted by atomic mass is 35.5. The zero-order valence-corrected chi connectivity index (χ0v) is 21.4. The van der Waals surface area contributed by atoms with E-state index in [2.05, 4.69) is 0 Å². The number of halogens is 1. The monoisotopic (exact) mass is 514 g/mol. The SMILES string of the molecule is Cc1cccc(Cl)c1N1CC=C[C@]23O[C@@H]4C=CCCOC(=O)[C@@H]4[C@H]2C(=O)N([C@@H](CO)C(C)C)C3C1=O. The fourth-order valence-electron chi connectivity index (χ4n) is 6.19. The topological polar surface area (TPSA) is 96.4 Å². The van der Waals surface area contributed by atoms with E-state index in [-0.39, 0.29) is 37.5 Å². The van der Waals surface area contributed by atoms with Gasteiger partial charge in [0.2, 0.25) is 5.91 Å². The Morgan fingerprint density at radius 1 is 1.19 bits per heavy atom. The maximum atomic E-state index is 14.4. The molecule has 0 aromatic heterocycles. The van der Waals surface area contributed by atoms with Gasteiger partial charge in [-0.25, -0.2) is 0 Å². The van der Waals surface area contributed by atoms with Crippen LogP contribution >= 0.6 is 11.6 Å². The van der Waals surface area contributed by atoms with Gasteiger partial charge in [0.25, 0.3) is 5.91 Å². The van der Waals surface area contributed by atoms with Gasteiger partial charge in [0, 0.05) is 6.54 Å². The van der Waals surface area contributed by atoms with E-state index in [1.165, 1.54) is 4.90 Å². The Hall–Kier alpha value is -2.68. The highest BCUT2D eigenvalue weighted by Crippen LogP contribution is 2.54. The summed E-state index contributed by atoms with van der Waals surface area (Å²) in [6.45, 7) is 5.76. The second kappa shape index (κ2) is 9.32. The first kappa shape index (κ1) is 25.0. The molecule has 1 unspecified atom stereocenters. The molecule has 0 bridgehead atoms. The predicted octanol–water partition coefficient (Wildman–Crippen LogP) is 2.65. The fraction of sp³-hybridized carbons (Fsp3) is 0.519. The van der Waals surface area contributed by atoms with Crippen LogP contribution < -0.4 is 4.90 Å². The average Bonchev–Trinajstić information content (AvgIpc) is 3.19. The normalized spacial score (nSPS) is 32.6. The molecule has 4 aliphatic heterocycles. The third kappa shape index (κ3) is 3.61. The first-order valence-electron chi connectivity index (χ1n) is 12.4. The molecule has 4 heterocycles. The summed E-state index contributed by atoms with van der Waals surface area (Å²) in [4.78, 5) is 44.8. The zero-order valence-electron chi connectivity index (χ0n) is 20.6. The van der Waals surface area contributed by atoms with E-state index in [0.29, 0.717) is 17.1 Å². The Morgan fingerprint density at radius 3 is 2.67 bits per heavy atom. The number of likely N-dealkylation sites (tertiary alicyclic amines) is 1. The van der Waals surface area contributed by atoms with Gasteiger partial charge in [-0.15, -0.1) is 0 Å². The third-order valence-electron chi connectivity index (χ3n) is 7.83. The van der Waals surface area contributed by atoms with Crippen LogP contribution in [0.5, 0.6) is 0 Å². The molecule has 1 N–H and O–H groups in total. The van der Waals surface area contributed by atoms with Gasteiger partial charge in [0.15, 0.2) is 0 Å². The number of fused-ring (bicyclic) bond motifs is 2. The lowest BCUT2D eigenvalue weighted by molar-refractivity contribution is -0.155. The number of ether oxygens (including phenoxy) is 2. The van der Waals surface area contributed by atoms with Gasteiger partial charge in [-0.05, 0) is 30.9 Å². The van der Waals surface area contributed by atoms with Gasteiger partial charge in [0.1, 0.15) is 17.6 Å². The quantitative estimate of drug-likeness (QED) is 0.490. The summed E-state index contributed by atoms with van der Waals surface area (Å²) in [6.07, 6.45) is 7.11. The number of anilines is 1. The van der Waals surface area contributed by atoms with Crippen molar-refractivity contribution in [1.29, 1.82) is 0 Å². The molecule has 2 saturated heterocycles. The number of nitrogens with zero attached hydrogens (tertiary/aromatic N) is 2. The highest BCUT2D eigenvalue weighted by molar-refractivity contribution is 6.34. The summed E-state index contributed by atoms with van der Waals surface area (Å²) in [7, 11) is 0. The number of esters is 1. The van der Waals surface area contributed by atoms with Crippen LogP contribution in [0.3, 0.4) is 0 Å². The summed E-state index contributed by atoms with van der Waals surface area (Å²) in [5, 5.41) is 10.7. The second-order valence-corrected chi connectivity index (χ2v) is 10.6. The molecule has 2 fully saturated rings. The first-order valence-corrected chi connectivity index (χ1v) is 12.8. The van der Waals surface area contributed by atoms with E-state index >= 15 is 0 Å². The molecule has 5 rings (SSSR count). The Balaban J connectivity index is 1.69. The fourth-order valence-corrected chi connectivity index (χ4v) is 6.51. The molecule has 1 aromatic carbocycles. The smallest absolute Gasteiger partial charge is 0.312 e. The number of cyclic esters (lactones) is 1. The van der Waals surface area contributed by atoms with Crippen molar-refractivity contribution < 1.29 is 29.0 Å². The van der Waals surface area contributed by atoms with Crippen molar-refractivity contribution in [2.45, 2.75) is 51.0 Å². The molecule has 4 aliphatic rings. The number of aliphatic hydroxyl groups excluding tert-OH is 1. The van der Waals surface area contributed by atoms with E-state index in [1.54, 1.807) is 23.1 Å². The predicted molar refractivity (Wildman–Crippen MR) is 133 cm³/mol. The standard InChI is InChI=1S/C27H31ClN2O6/c1-15(2)18(14-31)30-23-25(33)29(22-16(3)8-6-9-17(22)28)12-7-11-27(23)21(24(30)32)20-19(36-27)10-4-5-13-35-26(20)34/h4,6-11,15,18-21,23,31H,5,12-14H2,1-3H3/t18-,19+,20-,21-,23?,27-/m0/s1. The lowest BCUT2D eigenvalue weighted by Crippen LogP contribution is -2.59. The summed E-state index contributed by atoms with van der Waals surface area (Å²) < 4.78 is 12.0. The number of aliphatic hydroxyl groups is 1. The van der Waals surface area contributed by atoms with E-state index in [4.69, 9.17) is 21.1 Å². The molecule has 1 spiro atoms. The van der Waals surface area contributed by atoms with Crippen molar-refractivity contribution in [3.8, 4) is 0 Å². The van der Waals surface area contributed by atoms with Crippen LogP contribution in [-0.2, 0) is 23.9 Å². The molecule has 0 saturated carbocycles. The molecule has 0 aliphatic carbocycles. The largest absolute Gasteiger partial charge is 0.465 e.